The van der Waals surface area contributed by atoms with Gasteiger partial charge in [0.15, 0.2) is 0 Å². The molecule has 0 bridgehead atoms. The third-order valence-electron chi connectivity index (χ3n) is 7.67. The highest BCUT2D eigenvalue weighted by atomic mass is 16.6. The number of aromatic nitrogens is 2. The van der Waals surface area contributed by atoms with Crippen molar-refractivity contribution in [3.63, 3.8) is 0 Å². The number of amides is 1. The van der Waals surface area contributed by atoms with Gasteiger partial charge in [0.2, 0.25) is 11.8 Å². The number of piperidine rings is 1. The highest BCUT2D eigenvalue weighted by molar-refractivity contribution is 6.00. The third-order valence-corrected chi connectivity index (χ3v) is 7.67. The molecule has 1 fully saturated rings. The fraction of sp³-hybridized carbons (Fsp3) is 0.343. The molecule has 9 nitrogen and oxygen atoms in total. The number of carbonyl (C=O) groups excluding carboxylic acids is 1. The number of hydrogen-bond donors (Lipinski definition) is 1. The Kier molecular flexibility index (Phi) is 10.3. The Labute approximate surface area is 259 Å². The molecule has 0 spiro atoms. The highest BCUT2D eigenvalue weighted by Gasteiger charge is 2.27. The van der Waals surface area contributed by atoms with Crippen molar-refractivity contribution < 1.29 is 19.0 Å². The Balaban J connectivity index is 1.29. The van der Waals surface area contributed by atoms with Crippen LogP contribution in [0.5, 0.6) is 17.4 Å². The van der Waals surface area contributed by atoms with Crippen molar-refractivity contribution in [2.75, 3.05) is 43.6 Å². The molecule has 2 heterocycles. The molecule has 1 aliphatic heterocycles. The van der Waals surface area contributed by atoms with Gasteiger partial charge in [-0.05, 0) is 94.1 Å². The van der Waals surface area contributed by atoms with E-state index in [4.69, 9.17) is 14.2 Å². The average molecular weight is 596 g/mol. The predicted molar refractivity (Wildman–Crippen MR) is 174 cm³/mol. The molecule has 5 rings (SSSR count). The van der Waals surface area contributed by atoms with E-state index in [0.29, 0.717) is 24.0 Å². The maximum absolute atomic E-state index is 13.9. The summed E-state index contributed by atoms with van der Waals surface area (Å²) in [7, 11) is 1.59. The average Bonchev–Trinajstić information content (AvgIpc) is 3.02. The van der Waals surface area contributed by atoms with Gasteiger partial charge in [-0.3, -0.25) is 0 Å². The number of carbonyl (C=O) groups is 1. The number of ether oxygens (including phenoxy) is 3. The minimum Gasteiger partial charge on any atom is -0.495 e. The molecule has 1 aliphatic rings. The van der Waals surface area contributed by atoms with E-state index in [1.807, 2.05) is 81.4 Å². The second-order valence-electron chi connectivity index (χ2n) is 11.1. The number of rotatable bonds is 11. The molecule has 0 unspecified atom stereocenters. The molecule has 3 aromatic carbocycles. The molecule has 1 amide bonds. The van der Waals surface area contributed by atoms with Crippen LogP contribution in [-0.4, -0.2) is 54.3 Å². The van der Waals surface area contributed by atoms with Gasteiger partial charge in [-0.1, -0.05) is 36.8 Å². The second kappa shape index (κ2) is 14.7. The molecule has 0 saturated carbocycles. The van der Waals surface area contributed by atoms with Crippen molar-refractivity contribution in [3.8, 4) is 17.4 Å². The van der Waals surface area contributed by atoms with Crippen molar-refractivity contribution in [3.05, 3.63) is 89.6 Å². The molecule has 230 valence electrons. The maximum Gasteiger partial charge on any atom is 0.425 e. The summed E-state index contributed by atoms with van der Waals surface area (Å²) in [6, 6.07) is 20.8. The number of hydrogen-bond acceptors (Lipinski definition) is 8. The van der Waals surface area contributed by atoms with Crippen molar-refractivity contribution in [1.29, 1.82) is 0 Å². The number of nitrogens with zero attached hydrogens (tertiary/aromatic N) is 4. The van der Waals surface area contributed by atoms with E-state index >= 15 is 0 Å². The second-order valence-corrected chi connectivity index (χ2v) is 11.1. The van der Waals surface area contributed by atoms with Crippen molar-refractivity contribution in [1.82, 2.24) is 14.9 Å². The normalized spacial score (nSPS) is 13.3. The number of benzene rings is 3. The lowest BCUT2D eigenvalue weighted by molar-refractivity contribution is 0.205. The molecule has 1 saturated heterocycles. The summed E-state index contributed by atoms with van der Waals surface area (Å²) in [5.41, 5.74) is 4.91. The van der Waals surface area contributed by atoms with Crippen LogP contribution in [0.15, 0.2) is 72.9 Å². The maximum atomic E-state index is 13.9. The van der Waals surface area contributed by atoms with Crippen LogP contribution >= 0.6 is 0 Å². The van der Waals surface area contributed by atoms with Gasteiger partial charge in [-0.15, -0.1) is 0 Å². The highest BCUT2D eigenvalue weighted by Crippen LogP contribution is 2.38. The Hall–Kier alpha value is -4.63. The fourth-order valence-electron chi connectivity index (χ4n) is 5.49. The largest absolute Gasteiger partial charge is 0.495 e. The van der Waals surface area contributed by atoms with E-state index in [1.165, 1.54) is 37.3 Å². The first-order valence-corrected chi connectivity index (χ1v) is 15.2. The molecule has 9 heteroatoms. The Morgan fingerprint density at radius 3 is 2.50 bits per heavy atom. The standard InChI is InChI=1S/C35H41N5O4/c1-25-15-16-30(31(23-25)42-4)40(33-26(2)11-8-12-27(33)3)35(41)44-32-17-18-36-34(38-32)37-28-13-9-14-29(24-28)43-22-10-21-39-19-6-5-7-20-39/h8-9,11-18,23-24H,5-7,10,19-22H2,1-4H3,(H,36,37,38). The molecule has 1 aromatic heterocycles. The first-order chi connectivity index (χ1) is 21.4. The lowest BCUT2D eigenvalue weighted by Gasteiger charge is -2.27. The first-order valence-electron chi connectivity index (χ1n) is 15.2. The number of para-hydroxylation sites is 1. The Morgan fingerprint density at radius 2 is 1.73 bits per heavy atom. The minimum absolute atomic E-state index is 0.111. The topological polar surface area (TPSA) is 89.0 Å². The van der Waals surface area contributed by atoms with Crippen LogP contribution in [0.4, 0.5) is 27.8 Å². The van der Waals surface area contributed by atoms with Gasteiger partial charge in [0, 0.05) is 30.6 Å². The fourth-order valence-corrected chi connectivity index (χ4v) is 5.49. The van der Waals surface area contributed by atoms with Gasteiger partial charge in [0.05, 0.1) is 25.1 Å². The molecular weight excluding hydrogens is 554 g/mol. The van der Waals surface area contributed by atoms with Gasteiger partial charge >= 0.3 is 6.09 Å². The quantitative estimate of drug-likeness (QED) is 0.176. The van der Waals surface area contributed by atoms with Crippen LogP contribution in [0.1, 0.15) is 42.4 Å². The minimum atomic E-state index is -0.617. The lowest BCUT2D eigenvalue weighted by Crippen LogP contribution is -2.31. The monoisotopic (exact) mass is 595 g/mol. The summed E-state index contributed by atoms with van der Waals surface area (Å²) in [5, 5.41) is 3.20. The van der Waals surface area contributed by atoms with Crippen molar-refractivity contribution in [2.24, 2.45) is 0 Å². The third kappa shape index (κ3) is 7.85. The zero-order valence-corrected chi connectivity index (χ0v) is 26.0. The SMILES string of the molecule is COc1cc(C)ccc1N(C(=O)Oc1ccnc(Nc2cccc(OCCCN3CCCCC3)c2)n1)c1c(C)cccc1C. The van der Waals surface area contributed by atoms with Crippen LogP contribution in [-0.2, 0) is 0 Å². The Morgan fingerprint density at radius 1 is 0.955 bits per heavy atom. The van der Waals surface area contributed by atoms with Crippen LogP contribution in [0.3, 0.4) is 0 Å². The molecule has 44 heavy (non-hydrogen) atoms. The smallest absolute Gasteiger partial charge is 0.425 e. The number of anilines is 4. The molecule has 4 aromatic rings. The van der Waals surface area contributed by atoms with Crippen LogP contribution < -0.4 is 24.4 Å². The van der Waals surface area contributed by atoms with Crippen LogP contribution in [0.25, 0.3) is 0 Å². The van der Waals surface area contributed by atoms with E-state index in [2.05, 4.69) is 20.2 Å². The van der Waals surface area contributed by atoms with Gasteiger partial charge in [-0.2, -0.15) is 4.98 Å². The summed E-state index contributed by atoms with van der Waals surface area (Å²) >= 11 is 0. The van der Waals surface area contributed by atoms with Crippen LogP contribution in [0, 0.1) is 20.8 Å². The van der Waals surface area contributed by atoms with E-state index in [0.717, 1.165) is 46.8 Å². The van der Waals surface area contributed by atoms with E-state index in [-0.39, 0.29) is 5.88 Å². The lowest BCUT2D eigenvalue weighted by atomic mass is 10.1. The van der Waals surface area contributed by atoms with Gasteiger partial charge in [0.25, 0.3) is 0 Å². The van der Waals surface area contributed by atoms with Gasteiger partial charge in [0.1, 0.15) is 11.5 Å². The summed E-state index contributed by atoms with van der Waals surface area (Å²) in [5.74, 6) is 1.74. The van der Waals surface area contributed by atoms with E-state index in [9.17, 15) is 4.79 Å². The molecule has 0 atom stereocenters. The van der Waals surface area contributed by atoms with Crippen LogP contribution in [0.2, 0.25) is 0 Å². The van der Waals surface area contributed by atoms with Gasteiger partial charge < -0.3 is 24.4 Å². The molecule has 1 N–H and O–H groups in total. The first kappa shape index (κ1) is 30.8. The summed E-state index contributed by atoms with van der Waals surface area (Å²) in [4.78, 5) is 26.7. The summed E-state index contributed by atoms with van der Waals surface area (Å²) in [6.45, 7) is 10.0. The number of nitrogens with one attached hydrogen (secondary N) is 1. The van der Waals surface area contributed by atoms with Gasteiger partial charge in [-0.25, -0.2) is 14.7 Å². The zero-order chi connectivity index (χ0) is 30.9. The predicted octanol–water partition coefficient (Wildman–Crippen LogP) is 7.75. The molecule has 0 aliphatic carbocycles. The zero-order valence-electron chi connectivity index (χ0n) is 26.0. The summed E-state index contributed by atoms with van der Waals surface area (Å²) < 4.78 is 17.5. The number of methoxy groups -OCH3 is 1. The molecule has 0 radical (unpaired) electrons. The molecular formula is C35H41N5O4. The summed E-state index contributed by atoms with van der Waals surface area (Å²) in [6.07, 6.45) is 5.85. The van der Waals surface area contributed by atoms with E-state index < -0.39 is 6.09 Å². The van der Waals surface area contributed by atoms with Crippen molar-refractivity contribution >= 4 is 29.1 Å². The number of aryl methyl sites for hydroxylation is 3. The van der Waals surface area contributed by atoms with Crippen molar-refractivity contribution in [2.45, 2.75) is 46.5 Å². The van der Waals surface area contributed by atoms with E-state index in [1.54, 1.807) is 19.4 Å². The Bertz CT molecular complexity index is 1550. The number of likely N-dealkylation sites (tertiary alicyclic amines) is 1.